The van der Waals surface area contributed by atoms with Crippen LogP contribution < -0.4 is 14.7 Å². The molecular weight excluding hydrogens is 1130 g/mol. The van der Waals surface area contributed by atoms with Gasteiger partial charge < -0.3 is 14.7 Å². The van der Waals surface area contributed by atoms with Gasteiger partial charge in [-0.05, 0) is 193 Å². The van der Waals surface area contributed by atoms with E-state index in [2.05, 4.69) is 340 Å². The van der Waals surface area contributed by atoms with Crippen molar-refractivity contribution in [3.63, 3.8) is 0 Å². The average molecular weight is 1200 g/mol. The minimum absolute atomic E-state index is 0.00555. The van der Waals surface area contributed by atoms with E-state index in [-0.39, 0.29) is 21.7 Å². The third-order valence-corrected chi connectivity index (χ3v) is 19.3. The molecule has 0 saturated carbocycles. The first-order chi connectivity index (χ1) is 39.1. The summed E-state index contributed by atoms with van der Waals surface area (Å²) in [4.78, 5) is 7.60. The second-order valence-electron chi connectivity index (χ2n) is 26.1. The Bertz CT molecular complexity index is 4220. The van der Waals surface area contributed by atoms with E-state index in [0.29, 0.717) is 0 Å². The summed E-state index contributed by atoms with van der Waals surface area (Å²) < 4.78 is 2.55. The summed E-state index contributed by atoms with van der Waals surface area (Å²) in [5, 5.41) is 3.66. The van der Waals surface area contributed by atoms with Crippen molar-refractivity contribution in [3.05, 3.63) is 254 Å². The SMILES string of the molecule is Cc1ccc(N(c2ccc(C(C)(C)C)cc2)c2cccc3ccccc23)cc1N(c1ccc(C(C)(C)C)cc1-c1ccccc1)c1cccc(N(c2ccc(C(C)(C)C)cc2)c2c(I)sc3cc4c(cc23)-c2ccccc2C4(C)C)c1C. The molecule has 1 aromatic heterocycles. The largest absolute Gasteiger partial charge is 0.310 e. The zero-order valence-corrected chi connectivity index (χ0v) is 52.8. The lowest BCUT2D eigenvalue weighted by atomic mass is 9.82. The molecule has 0 saturated heterocycles. The van der Waals surface area contributed by atoms with Gasteiger partial charge in [-0.15, -0.1) is 11.3 Å². The van der Waals surface area contributed by atoms with Gasteiger partial charge in [0.25, 0.3) is 0 Å². The van der Waals surface area contributed by atoms with Crippen molar-refractivity contribution in [1.82, 2.24) is 0 Å². The number of rotatable bonds is 10. The van der Waals surface area contributed by atoms with Crippen molar-refractivity contribution in [2.24, 2.45) is 0 Å². The monoisotopic (exact) mass is 1200 g/mol. The first-order valence-electron chi connectivity index (χ1n) is 28.9. The number of fused-ring (bicyclic) bond motifs is 5. The van der Waals surface area contributed by atoms with E-state index in [0.717, 1.165) is 51.1 Å². The Balaban J connectivity index is 1.13. The summed E-state index contributed by atoms with van der Waals surface area (Å²) in [5.74, 6) is 0. The smallest absolute Gasteiger partial charge is 0.0906 e. The highest BCUT2D eigenvalue weighted by molar-refractivity contribution is 14.1. The zero-order chi connectivity index (χ0) is 57.6. The first-order valence-corrected chi connectivity index (χ1v) is 30.8. The standard InChI is InChI=1S/C77H74IN3S/c1-49-33-39-58(79(56-40-34-53(35-41-56)74(3,4)5)68-32-21-26-51-25-17-18-27-59(51)68)46-70(49)81(69-44-38-55(76(9,10)11)45-61(69)52-23-15-14-16-24-52)67-31-22-30-66(50(67)2)80(57-42-36-54(37-43-57)75(6,7)8)72-63-47-62-60-28-19-20-29-64(60)77(12,13)65(62)48-71(63)82-73(72)78/h14-48H,1-13H3. The van der Waals surface area contributed by atoms with Crippen LogP contribution in [0.15, 0.2) is 212 Å². The summed E-state index contributed by atoms with van der Waals surface area (Å²) in [6.45, 7) is 30.1. The van der Waals surface area contributed by atoms with Crippen LogP contribution in [-0.4, -0.2) is 0 Å². The Labute approximate surface area is 505 Å². The van der Waals surface area contributed by atoms with Crippen molar-refractivity contribution in [2.75, 3.05) is 14.7 Å². The van der Waals surface area contributed by atoms with Crippen molar-refractivity contribution in [2.45, 2.75) is 112 Å². The lowest BCUT2D eigenvalue weighted by molar-refractivity contribution is 0.590. The van der Waals surface area contributed by atoms with Crippen LogP contribution in [-0.2, 0) is 21.7 Å². The minimum Gasteiger partial charge on any atom is -0.310 e. The van der Waals surface area contributed by atoms with Crippen LogP contribution in [0.4, 0.5) is 51.2 Å². The van der Waals surface area contributed by atoms with Gasteiger partial charge in [-0.25, -0.2) is 0 Å². The molecule has 0 aliphatic heterocycles. The Kier molecular flexibility index (Phi) is 14.0. The van der Waals surface area contributed by atoms with Crippen molar-refractivity contribution >= 4 is 106 Å². The molecule has 0 atom stereocenters. The van der Waals surface area contributed by atoms with E-state index in [1.165, 1.54) is 85.1 Å². The first kappa shape index (κ1) is 55.1. The fourth-order valence-electron chi connectivity index (χ4n) is 12.4. The molecule has 0 bridgehead atoms. The molecule has 1 aliphatic rings. The normalized spacial score (nSPS) is 13.1. The molecule has 0 radical (unpaired) electrons. The lowest BCUT2D eigenvalue weighted by Gasteiger charge is -2.35. The number of hydrogen-bond donors (Lipinski definition) is 0. The molecule has 10 aromatic carbocycles. The summed E-state index contributed by atoms with van der Waals surface area (Å²) in [6, 6.07) is 80.3. The van der Waals surface area contributed by atoms with Crippen molar-refractivity contribution < 1.29 is 0 Å². The number of benzene rings is 10. The lowest BCUT2D eigenvalue weighted by Crippen LogP contribution is -2.19. The van der Waals surface area contributed by atoms with Gasteiger partial charge in [-0.3, -0.25) is 0 Å². The second-order valence-corrected chi connectivity index (χ2v) is 29.0. The van der Waals surface area contributed by atoms with Crippen LogP contribution in [0.3, 0.4) is 0 Å². The molecule has 0 fully saturated rings. The molecule has 12 rings (SSSR count). The fourth-order valence-corrected chi connectivity index (χ4v) is 14.6. The minimum atomic E-state index is -0.103. The molecule has 82 heavy (non-hydrogen) atoms. The summed E-state index contributed by atoms with van der Waals surface area (Å²) in [6.07, 6.45) is 0. The summed E-state index contributed by atoms with van der Waals surface area (Å²) >= 11 is 4.53. The number of halogens is 1. The van der Waals surface area contributed by atoms with Gasteiger partial charge in [0.15, 0.2) is 0 Å². The third-order valence-electron chi connectivity index (χ3n) is 17.2. The zero-order valence-electron chi connectivity index (χ0n) is 49.8. The Morgan fingerprint density at radius 3 is 1.61 bits per heavy atom. The van der Waals surface area contributed by atoms with Crippen LogP contribution in [0, 0.1) is 16.7 Å². The molecule has 0 N–H and O–H groups in total. The molecule has 410 valence electrons. The fraction of sp³-hybridized carbons (Fsp3) is 0.221. The number of hydrogen-bond acceptors (Lipinski definition) is 4. The highest BCUT2D eigenvalue weighted by atomic mass is 127. The molecule has 0 spiro atoms. The number of anilines is 9. The maximum atomic E-state index is 2.63. The van der Waals surface area contributed by atoms with Gasteiger partial charge in [-0.2, -0.15) is 0 Å². The van der Waals surface area contributed by atoms with E-state index < -0.39 is 0 Å². The molecule has 5 heteroatoms. The molecular formula is C77H74IN3S. The van der Waals surface area contributed by atoms with Crippen molar-refractivity contribution in [1.29, 1.82) is 0 Å². The second kappa shape index (κ2) is 20.8. The van der Waals surface area contributed by atoms with E-state index in [1.54, 1.807) is 0 Å². The molecule has 3 nitrogen and oxygen atoms in total. The van der Waals surface area contributed by atoms with E-state index in [1.807, 2.05) is 11.3 Å². The Morgan fingerprint density at radius 1 is 0.390 bits per heavy atom. The van der Waals surface area contributed by atoms with Crippen LogP contribution in [0.25, 0.3) is 43.1 Å². The maximum absolute atomic E-state index is 2.63. The van der Waals surface area contributed by atoms with Crippen molar-refractivity contribution in [3.8, 4) is 22.3 Å². The van der Waals surface area contributed by atoms with Crippen LogP contribution in [0.2, 0.25) is 0 Å². The highest BCUT2D eigenvalue weighted by Crippen LogP contribution is 2.56. The predicted octanol–water partition coefficient (Wildman–Crippen LogP) is 23.6. The molecule has 0 amide bonds. The van der Waals surface area contributed by atoms with Gasteiger partial charge in [-0.1, -0.05) is 210 Å². The topological polar surface area (TPSA) is 9.72 Å². The van der Waals surface area contributed by atoms with Gasteiger partial charge in [0, 0.05) is 43.5 Å². The predicted molar refractivity (Wildman–Crippen MR) is 365 cm³/mol. The third kappa shape index (κ3) is 9.81. The maximum Gasteiger partial charge on any atom is 0.0906 e. The van der Waals surface area contributed by atoms with E-state index in [4.69, 9.17) is 0 Å². The average Bonchev–Trinajstić information content (AvgIpc) is 2.44. The van der Waals surface area contributed by atoms with Gasteiger partial charge in [0.2, 0.25) is 0 Å². The van der Waals surface area contributed by atoms with Gasteiger partial charge >= 0.3 is 0 Å². The van der Waals surface area contributed by atoms with Crippen LogP contribution in [0.5, 0.6) is 0 Å². The summed E-state index contributed by atoms with van der Waals surface area (Å²) in [5.41, 5.74) is 23.9. The Hall–Kier alpha value is -7.45. The van der Waals surface area contributed by atoms with E-state index >= 15 is 0 Å². The van der Waals surface area contributed by atoms with Gasteiger partial charge in [0.1, 0.15) is 0 Å². The Morgan fingerprint density at radius 2 is 0.939 bits per heavy atom. The molecule has 1 heterocycles. The van der Waals surface area contributed by atoms with Gasteiger partial charge in [0.05, 0.1) is 37.0 Å². The quantitative estimate of drug-likeness (QED) is 0.126. The number of thiophene rings is 1. The molecule has 11 aromatic rings. The highest BCUT2D eigenvalue weighted by Gasteiger charge is 2.37. The summed E-state index contributed by atoms with van der Waals surface area (Å²) in [7, 11) is 0. The van der Waals surface area contributed by atoms with Crippen LogP contribution >= 0.6 is 33.9 Å². The molecule has 1 aliphatic carbocycles. The number of nitrogens with zero attached hydrogens (tertiary/aromatic N) is 3. The molecule has 0 unspecified atom stereocenters. The van der Waals surface area contributed by atoms with Crippen LogP contribution in [0.1, 0.15) is 115 Å². The van der Waals surface area contributed by atoms with E-state index in [9.17, 15) is 0 Å². The number of aryl methyl sites for hydroxylation is 1.